The summed E-state index contributed by atoms with van der Waals surface area (Å²) in [6.07, 6.45) is 1.72. The lowest BCUT2D eigenvalue weighted by molar-refractivity contribution is -0.138. The van der Waals surface area contributed by atoms with Crippen molar-refractivity contribution >= 4 is 11.7 Å². The molecule has 3 heteroatoms. The summed E-state index contributed by atoms with van der Waals surface area (Å²) in [5, 5.41) is 3.30. The van der Waals surface area contributed by atoms with Gasteiger partial charge in [-0.05, 0) is 24.5 Å². The van der Waals surface area contributed by atoms with Crippen LogP contribution in [0.4, 0.5) is 5.69 Å². The summed E-state index contributed by atoms with van der Waals surface area (Å²) in [6, 6.07) is 6.02. The van der Waals surface area contributed by atoms with E-state index < -0.39 is 0 Å². The first-order chi connectivity index (χ1) is 7.72. The Kier molecular flexibility index (Phi) is 3.13. The number of aryl methyl sites for hydroxylation is 2. The molecule has 1 aromatic rings. The van der Waals surface area contributed by atoms with Crippen LogP contribution < -0.4 is 5.32 Å². The summed E-state index contributed by atoms with van der Waals surface area (Å²) < 4.78 is 4.95. The quantitative estimate of drug-likeness (QED) is 0.793. The Labute approximate surface area is 95.8 Å². The molecule has 0 spiro atoms. The van der Waals surface area contributed by atoms with Gasteiger partial charge in [0.1, 0.15) is 6.04 Å². The maximum Gasteiger partial charge on any atom is 0.328 e. The number of ether oxygens (including phenoxy) is 1. The van der Waals surface area contributed by atoms with Crippen LogP contribution >= 0.6 is 0 Å². The number of anilines is 1. The first-order valence-electron chi connectivity index (χ1n) is 5.74. The van der Waals surface area contributed by atoms with Crippen LogP contribution in [-0.2, 0) is 16.0 Å². The fourth-order valence-electron chi connectivity index (χ4n) is 2.03. The van der Waals surface area contributed by atoms with Gasteiger partial charge in [-0.15, -0.1) is 0 Å². The molecule has 16 heavy (non-hydrogen) atoms. The van der Waals surface area contributed by atoms with E-state index in [2.05, 4.69) is 31.3 Å². The Balaban J connectivity index is 2.22. The largest absolute Gasteiger partial charge is 0.464 e. The maximum atomic E-state index is 11.4. The summed E-state index contributed by atoms with van der Waals surface area (Å²) in [4.78, 5) is 11.4. The third-order valence-corrected chi connectivity index (χ3v) is 2.99. The van der Waals surface area contributed by atoms with E-state index >= 15 is 0 Å². The lowest BCUT2D eigenvalue weighted by atomic mass is 10.0. The normalized spacial score (nSPS) is 19.6. The average Bonchev–Trinajstić information content (AvgIpc) is 2.67. The van der Waals surface area contributed by atoms with Gasteiger partial charge in [-0.3, -0.25) is 0 Å². The highest BCUT2D eigenvalue weighted by Crippen LogP contribution is 2.23. The Hall–Kier alpha value is -1.51. The molecule has 0 amide bonds. The van der Waals surface area contributed by atoms with Gasteiger partial charge in [-0.25, -0.2) is 4.79 Å². The number of esters is 1. The van der Waals surface area contributed by atoms with E-state index in [0.29, 0.717) is 6.61 Å². The standard InChI is InChI=1S/C13H17NO2/c1-3-10-6-4-5-9(2)12(10)14-11-7-8-16-13(11)15/h4-6,11,14H,3,7-8H2,1-2H3. The molecule has 0 radical (unpaired) electrons. The topological polar surface area (TPSA) is 38.3 Å². The third-order valence-electron chi connectivity index (χ3n) is 2.99. The second kappa shape index (κ2) is 4.56. The minimum atomic E-state index is -0.175. The number of cyclic esters (lactones) is 1. The molecule has 1 N–H and O–H groups in total. The minimum absolute atomic E-state index is 0.134. The predicted molar refractivity (Wildman–Crippen MR) is 63.5 cm³/mol. The van der Waals surface area contributed by atoms with Crippen molar-refractivity contribution < 1.29 is 9.53 Å². The Bertz CT molecular complexity index is 401. The van der Waals surface area contributed by atoms with Crippen molar-refractivity contribution in [3.05, 3.63) is 29.3 Å². The minimum Gasteiger partial charge on any atom is -0.464 e. The van der Waals surface area contributed by atoms with Crippen LogP contribution in [0.3, 0.4) is 0 Å². The fraction of sp³-hybridized carbons (Fsp3) is 0.462. The number of rotatable bonds is 3. The van der Waals surface area contributed by atoms with Crippen LogP contribution in [0.5, 0.6) is 0 Å². The molecule has 1 aliphatic heterocycles. The van der Waals surface area contributed by atoms with Crippen LogP contribution in [0.2, 0.25) is 0 Å². The van der Waals surface area contributed by atoms with Gasteiger partial charge < -0.3 is 10.1 Å². The van der Waals surface area contributed by atoms with E-state index in [1.165, 1.54) is 11.1 Å². The van der Waals surface area contributed by atoms with Gasteiger partial charge in [0.25, 0.3) is 0 Å². The first kappa shape index (κ1) is 11.0. The molecule has 0 saturated carbocycles. The molecule has 1 saturated heterocycles. The highest BCUT2D eigenvalue weighted by molar-refractivity contribution is 5.81. The van der Waals surface area contributed by atoms with Gasteiger partial charge in [0.2, 0.25) is 0 Å². The van der Waals surface area contributed by atoms with Gasteiger partial charge in [0.05, 0.1) is 6.61 Å². The molecule has 2 rings (SSSR count). The molecule has 1 atom stereocenters. The molecule has 1 aromatic carbocycles. The van der Waals surface area contributed by atoms with E-state index in [9.17, 15) is 4.79 Å². The van der Waals surface area contributed by atoms with Crippen LogP contribution in [-0.4, -0.2) is 18.6 Å². The molecule has 0 aromatic heterocycles. The molecule has 0 bridgehead atoms. The summed E-state index contributed by atoms with van der Waals surface area (Å²) in [7, 11) is 0. The Morgan fingerprint density at radius 3 is 2.94 bits per heavy atom. The molecule has 1 fully saturated rings. The number of benzene rings is 1. The van der Waals surface area contributed by atoms with Crippen molar-refractivity contribution in [1.29, 1.82) is 0 Å². The zero-order valence-corrected chi connectivity index (χ0v) is 9.75. The lowest BCUT2D eigenvalue weighted by Crippen LogP contribution is -2.25. The zero-order valence-electron chi connectivity index (χ0n) is 9.75. The Morgan fingerprint density at radius 1 is 1.50 bits per heavy atom. The number of carbonyl (C=O) groups is 1. The maximum absolute atomic E-state index is 11.4. The van der Waals surface area contributed by atoms with Gasteiger partial charge in [0.15, 0.2) is 0 Å². The van der Waals surface area contributed by atoms with Crippen LogP contribution in [0.25, 0.3) is 0 Å². The summed E-state index contributed by atoms with van der Waals surface area (Å²) in [6.45, 7) is 4.71. The molecule has 1 aliphatic rings. The third kappa shape index (κ3) is 2.03. The van der Waals surface area contributed by atoms with E-state index in [0.717, 1.165) is 18.5 Å². The summed E-state index contributed by atoms with van der Waals surface area (Å²) in [5.41, 5.74) is 3.52. The van der Waals surface area contributed by atoms with Crippen molar-refractivity contribution in [2.75, 3.05) is 11.9 Å². The van der Waals surface area contributed by atoms with E-state index in [-0.39, 0.29) is 12.0 Å². The molecule has 3 nitrogen and oxygen atoms in total. The van der Waals surface area contributed by atoms with E-state index in [4.69, 9.17) is 4.74 Å². The van der Waals surface area contributed by atoms with E-state index in [1.807, 2.05) is 6.07 Å². The summed E-state index contributed by atoms with van der Waals surface area (Å²) in [5.74, 6) is -0.134. The van der Waals surface area contributed by atoms with E-state index in [1.54, 1.807) is 0 Å². The van der Waals surface area contributed by atoms with Gasteiger partial charge in [0, 0.05) is 12.1 Å². The molecular formula is C13H17NO2. The number of hydrogen-bond donors (Lipinski definition) is 1. The number of carbonyl (C=O) groups excluding carboxylic acids is 1. The first-order valence-corrected chi connectivity index (χ1v) is 5.74. The lowest BCUT2D eigenvalue weighted by Gasteiger charge is -2.16. The smallest absolute Gasteiger partial charge is 0.328 e. The van der Waals surface area contributed by atoms with Crippen molar-refractivity contribution in [2.24, 2.45) is 0 Å². The molecule has 86 valence electrons. The number of nitrogens with one attached hydrogen (secondary N) is 1. The van der Waals surface area contributed by atoms with Crippen LogP contribution in [0.1, 0.15) is 24.5 Å². The second-order valence-electron chi connectivity index (χ2n) is 4.12. The molecule has 1 heterocycles. The summed E-state index contributed by atoms with van der Waals surface area (Å²) >= 11 is 0. The van der Waals surface area contributed by atoms with Crippen molar-refractivity contribution in [1.82, 2.24) is 0 Å². The number of hydrogen-bond acceptors (Lipinski definition) is 3. The highest BCUT2D eigenvalue weighted by Gasteiger charge is 2.26. The van der Waals surface area contributed by atoms with Crippen molar-refractivity contribution in [3.63, 3.8) is 0 Å². The highest BCUT2D eigenvalue weighted by atomic mass is 16.5. The van der Waals surface area contributed by atoms with Crippen LogP contribution in [0.15, 0.2) is 18.2 Å². The van der Waals surface area contributed by atoms with Gasteiger partial charge in [-0.2, -0.15) is 0 Å². The SMILES string of the molecule is CCc1cccc(C)c1NC1CCOC1=O. The molecule has 1 unspecified atom stereocenters. The number of para-hydroxylation sites is 1. The fourth-order valence-corrected chi connectivity index (χ4v) is 2.03. The average molecular weight is 219 g/mol. The van der Waals surface area contributed by atoms with Gasteiger partial charge in [-0.1, -0.05) is 25.1 Å². The van der Waals surface area contributed by atoms with Crippen molar-refractivity contribution in [3.8, 4) is 0 Å². The van der Waals surface area contributed by atoms with Crippen molar-refractivity contribution in [2.45, 2.75) is 32.7 Å². The predicted octanol–water partition coefficient (Wildman–Crippen LogP) is 2.28. The van der Waals surface area contributed by atoms with Gasteiger partial charge >= 0.3 is 5.97 Å². The molecule has 0 aliphatic carbocycles. The Morgan fingerprint density at radius 2 is 2.31 bits per heavy atom. The zero-order chi connectivity index (χ0) is 11.5. The van der Waals surface area contributed by atoms with Crippen LogP contribution in [0, 0.1) is 6.92 Å². The monoisotopic (exact) mass is 219 g/mol. The molecular weight excluding hydrogens is 202 g/mol. The second-order valence-corrected chi connectivity index (χ2v) is 4.12.